The first-order chi connectivity index (χ1) is 7.96. The molecule has 1 aromatic carbocycles. The Morgan fingerprint density at radius 2 is 2.00 bits per heavy atom. The number of hydrogen-bond donors (Lipinski definition) is 0. The Kier molecular flexibility index (Phi) is 4.65. The topological polar surface area (TPSA) is 61.6 Å². The smallest absolute Gasteiger partial charge is 0.392 e. The van der Waals surface area contributed by atoms with Crippen LogP contribution in [-0.4, -0.2) is 20.1 Å². The Hall–Kier alpha value is -1.40. The molecule has 94 valence electrons. The average molecular weight is 255 g/mol. The number of nitrogens with zero attached hydrogens (tertiary/aromatic N) is 1. The van der Waals surface area contributed by atoms with Gasteiger partial charge in [-0.05, 0) is 25.6 Å². The first-order valence-corrected chi connectivity index (χ1v) is 8.34. The third-order valence-corrected chi connectivity index (χ3v) is 3.68. The molecule has 0 atom stereocenters. The zero-order valence-corrected chi connectivity index (χ0v) is 11.3. The van der Waals surface area contributed by atoms with E-state index in [1.807, 2.05) is 20.0 Å². The van der Waals surface area contributed by atoms with E-state index in [4.69, 9.17) is 8.85 Å². The maximum atomic E-state index is 10.8. The van der Waals surface area contributed by atoms with Gasteiger partial charge in [-0.1, -0.05) is 19.1 Å². The van der Waals surface area contributed by atoms with Gasteiger partial charge in [-0.25, -0.2) is 0 Å². The number of nitro groups is 1. The van der Waals surface area contributed by atoms with Crippen molar-refractivity contribution >= 4 is 14.2 Å². The van der Waals surface area contributed by atoms with Crippen molar-refractivity contribution in [1.82, 2.24) is 0 Å². The summed E-state index contributed by atoms with van der Waals surface area (Å²) in [5, 5.41) is 10.8. The highest BCUT2D eigenvalue weighted by atomic mass is 28.4. The van der Waals surface area contributed by atoms with Crippen molar-refractivity contribution in [1.29, 1.82) is 0 Å². The van der Waals surface area contributed by atoms with Crippen LogP contribution in [0.1, 0.15) is 13.3 Å². The minimum absolute atomic E-state index is 0.0202. The predicted molar refractivity (Wildman–Crippen MR) is 67.4 cm³/mol. The highest BCUT2D eigenvalue weighted by Crippen LogP contribution is 2.28. The van der Waals surface area contributed by atoms with E-state index in [2.05, 4.69) is 0 Å². The zero-order valence-electron chi connectivity index (χ0n) is 10.3. The standard InChI is InChI=1S/C11H17NO4Si/c1-4-9-15-17(2,3)16-11-8-6-5-7-10(11)12(13)14/h5-8H,4,9H2,1-3H3. The Morgan fingerprint density at radius 3 is 2.59 bits per heavy atom. The first kappa shape index (κ1) is 13.7. The maximum absolute atomic E-state index is 10.8. The largest absolute Gasteiger partial charge is 0.515 e. The lowest BCUT2D eigenvalue weighted by Crippen LogP contribution is -2.38. The summed E-state index contributed by atoms with van der Waals surface area (Å²) in [5.41, 5.74) is -0.0202. The summed E-state index contributed by atoms with van der Waals surface area (Å²) >= 11 is 0. The van der Waals surface area contributed by atoms with Crippen molar-refractivity contribution in [3.8, 4) is 5.75 Å². The Balaban J connectivity index is 2.83. The molecule has 0 aliphatic heterocycles. The molecule has 1 aromatic rings. The van der Waals surface area contributed by atoms with Gasteiger partial charge in [-0.3, -0.25) is 10.1 Å². The van der Waals surface area contributed by atoms with Crippen LogP contribution in [0.15, 0.2) is 24.3 Å². The molecule has 0 radical (unpaired) electrons. The molecule has 0 aliphatic rings. The van der Waals surface area contributed by atoms with Gasteiger partial charge < -0.3 is 8.85 Å². The Bertz CT molecular complexity index is 395. The van der Waals surface area contributed by atoms with Gasteiger partial charge in [0, 0.05) is 12.7 Å². The van der Waals surface area contributed by atoms with E-state index >= 15 is 0 Å². The van der Waals surface area contributed by atoms with Crippen molar-refractivity contribution in [3.05, 3.63) is 34.4 Å². The molecule has 0 aliphatic carbocycles. The van der Waals surface area contributed by atoms with Crippen LogP contribution in [0.25, 0.3) is 0 Å². The predicted octanol–water partition coefficient (Wildman–Crippen LogP) is 3.10. The van der Waals surface area contributed by atoms with Gasteiger partial charge in [0.15, 0.2) is 5.75 Å². The van der Waals surface area contributed by atoms with Gasteiger partial charge in [-0.15, -0.1) is 0 Å². The van der Waals surface area contributed by atoms with E-state index in [9.17, 15) is 10.1 Å². The van der Waals surface area contributed by atoms with E-state index < -0.39 is 13.5 Å². The van der Waals surface area contributed by atoms with E-state index in [0.717, 1.165) is 6.42 Å². The second-order valence-corrected chi connectivity index (χ2v) is 7.37. The lowest BCUT2D eigenvalue weighted by molar-refractivity contribution is -0.385. The Labute approximate surface area is 102 Å². The zero-order chi connectivity index (χ0) is 12.9. The lowest BCUT2D eigenvalue weighted by atomic mass is 10.3. The first-order valence-electron chi connectivity index (χ1n) is 5.52. The van der Waals surface area contributed by atoms with Gasteiger partial charge in [-0.2, -0.15) is 0 Å². The summed E-state index contributed by atoms with van der Waals surface area (Å²) in [5.74, 6) is 0.283. The fourth-order valence-corrected chi connectivity index (χ4v) is 2.79. The minimum atomic E-state index is -2.35. The van der Waals surface area contributed by atoms with Crippen molar-refractivity contribution < 1.29 is 13.8 Å². The molecule has 0 spiro atoms. The summed E-state index contributed by atoms with van der Waals surface area (Å²) in [6.07, 6.45) is 0.899. The fourth-order valence-electron chi connectivity index (χ4n) is 1.34. The highest BCUT2D eigenvalue weighted by molar-refractivity contribution is 6.65. The minimum Gasteiger partial charge on any atom is -0.515 e. The molecule has 6 heteroatoms. The second-order valence-electron chi connectivity index (χ2n) is 4.08. The molecule has 0 bridgehead atoms. The molecule has 0 saturated heterocycles. The SMILES string of the molecule is CCCO[Si](C)(C)Oc1ccccc1[N+](=O)[O-]. The number of para-hydroxylation sites is 2. The molecule has 0 fully saturated rings. The van der Waals surface area contributed by atoms with Gasteiger partial charge in [0.25, 0.3) is 0 Å². The normalized spacial score (nSPS) is 11.2. The second kappa shape index (κ2) is 5.79. The van der Waals surface area contributed by atoms with Crippen LogP contribution in [0, 0.1) is 10.1 Å². The van der Waals surface area contributed by atoms with E-state index in [1.54, 1.807) is 18.2 Å². The Morgan fingerprint density at radius 1 is 1.35 bits per heavy atom. The van der Waals surface area contributed by atoms with Crippen LogP contribution >= 0.6 is 0 Å². The molecule has 17 heavy (non-hydrogen) atoms. The molecule has 0 unspecified atom stereocenters. The lowest BCUT2D eigenvalue weighted by Gasteiger charge is -2.23. The van der Waals surface area contributed by atoms with Crippen molar-refractivity contribution in [2.24, 2.45) is 0 Å². The maximum Gasteiger partial charge on any atom is 0.392 e. The summed E-state index contributed by atoms with van der Waals surface area (Å²) < 4.78 is 11.3. The monoisotopic (exact) mass is 255 g/mol. The molecule has 0 amide bonds. The molecule has 0 heterocycles. The van der Waals surface area contributed by atoms with Gasteiger partial charge in [0.1, 0.15) is 0 Å². The van der Waals surface area contributed by atoms with E-state index in [0.29, 0.717) is 6.61 Å². The molecule has 0 saturated carbocycles. The van der Waals surface area contributed by atoms with Crippen molar-refractivity contribution in [2.75, 3.05) is 6.61 Å². The summed E-state index contributed by atoms with van der Waals surface area (Å²) in [4.78, 5) is 10.4. The van der Waals surface area contributed by atoms with Crippen LogP contribution in [0.3, 0.4) is 0 Å². The fraction of sp³-hybridized carbons (Fsp3) is 0.455. The van der Waals surface area contributed by atoms with Crippen molar-refractivity contribution in [2.45, 2.75) is 26.4 Å². The van der Waals surface area contributed by atoms with Gasteiger partial charge in [0.05, 0.1) is 4.92 Å². The molecule has 1 rings (SSSR count). The summed E-state index contributed by atoms with van der Waals surface area (Å²) in [7, 11) is -2.35. The number of nitro benzene ring substituents is 1. The molecule has 0 aromatic heterocycles. The molecule has 5 nitrogen and oxygen atoms in total. The number of rotatable bonds is 6. The summed E-state index contributed by atoms with van der Waals surface area (Å²) in [6, 6.07) is 6.36. The molecular weight excluding hydrogens is 238 g/mol. The molecule has 0 N–H and O–H groups in total. The van der Waals surface area contributed by atoms with Crippen LogP contribution < -0.4 is 4.43 Å². The van der Waals surface area contributed by atoms with E-state index in [1.165, 1.54) is 6.07 Å². The third kappa shape index (κ3) is 4.16. The van der Waals surface area contributed by atoms with Gasteiger partial charge >= 0.3 is 14.2 Å². The average Bonchev–Trinajstić information content (AvgIpc) is 2.26. The molecular formula is C11H17NO4Si. The van der Waals surface area contributed by atoms with Crippen molar-refractivity contribution in [3.63, 3.8) is 0 Å². The number of hydrogen-bond acceptors (Lipinski definition) is 4. The van der Waals surface area contributed by atoms with Crippen LogP contribution in [0.4, 0.5) is 5.69 Å². The van der Waals surface area contributed by atoms with E-state index in [-0.39, 0.29) is 11.4 Å². The van der Waals surface area contributed by atoms with Crippen LogP contribution in [-0.2, 0) is 4.43 Å². The quantitative estimate of drug-likeness (QED) is 0.445. The third-order valence-electron chi connectivity index (χ3n) is 2.07. The summed E-state index contributed by atoms with van der Waals surface area (Å²) in [6.45, 7) is 6.37. The van der Waals surface area contributed by atoms with Crippen LogP contribution in [0.2, 0.25) is 13.1 Å². The van der Waals surface area contributed by atoms with Gasteiger partial charge in [0.2, 0.25) is 0 Å². The highest BCUT2D eigenvalue weighted by Gasteiger charge is 2.29. The van der Waals surface area contributed by atoms with Crippen LogP contribution in [0.5, 0.6) is 5.75 Å². The number of benzene rings is 1.